The topological polar surface area (TPSA) is 76.7 Å². The van der Waals surface area contributed by atoms with E-state index in [-0.39, 0.29) is 11.9 Å². The second-order valence-electron chi connectivity index (χ2n) is 6.96. The van der Waals surface area contributed by atoms with Crippen molar-refractivity contribution >= 4 is 23.6 Å². The molecule has 2 N–H and O–H groups in total. The second kappa shape index (κ2) is 9.01. The smallest absolute Gasteiger partial charge is 0.337 e. The minimum Gasteiger partial charge on any atom is -0.489 e. The van der Waals surface area contributed by atoms with E-state index in [1.807, 2.05) is 50.2 Å². The molecule has 0 aromatic heterocycles. The van der Waals surface area contributed by atoms with Gasteiger partial charge in [0.25, 0.3) is 0 Å². The van der Waals surface area contributed by atoms with Gasteiger partial charge in [-0.3, -0.25) is 0 Å². The van der Waals surface area contributed by atoms with Gasteiger partial charge in [-0.25, -0.2) is 9.59 Å². The highest BCUT2D eigenvalue weighted by atomic mass is 35.5. The van der Waals surface area contributed by atoms with E-state index in [1.54, 1.807) is 12.1 Å². The van der Waals surface area contributed by atoms with Crippen LogP contribution in [0.4, 0.5) is 4.79 Å². The minimum absolute atomic E-state index is 0.0696. The lowest BCUT2D eigenvalue weighted by Crippen LogP contribution is -2.47. The number of ether oxygens (including phenoxy) is 2. The van der Waals surface area contributed by atoms with Gasteiger partial charge in [-0.1, -0.05) is 55.8 Å². The number of hydrogen-bond acceptors (Lipinski definition) is 4. The summed E-state index contributed by atoms with van der Waals surface area (Å²) in [4.78, 5) is 24.8. The normalized spacial score (nSPS) is 16.3. The summed E-state index contributed by atoms with van der Waals surface area (Å²) in [5, 5.41) is 6.21. The maximum absolute atomic E-state index is 12.6. The number of halogens is 1. The Bertz CT molecular complexity index is 938. The number of benzene rings is 2. The Hall–Kier alpha value is -2.99. The van der Waals surface area contributed by atoms with Crippen molar-refractivity contribution in [1.29, 1.82) is 0 Å². The van der Waals surface area contributed by atoms with Crippen molar-refractivity contribution in [2.45, 2.75) is 26.5 Å². The molecule has 2 aromatic rings. The molecule has 3 rings (SSSR count). The summed E-state index contributed by atoms with van der Waals surface area (Å²) in [5.74, 6) is -0.00217. The maximum atomic E-state index is 12.6. The molecule has 0 saturated carbocycles. The van der Waals surface area contributed by atoms with E-state index in [4.69, 9.17) is 21.1 Å². The van der Waals surface area contributed by atoms with Gasteiger partial charge in [-0.2, -0.15) is 0 Å². The monoisotopic (exact) mass is 414 g/mol. The number of hydrogen-bond donors (Lipinski definition) is 2. The number of esters is 1. The van der Waals surface area contributed by atoms with Crippen molar-refractivity contribution in [3.05, 3.63) is 76.0 Å². The predicted molar refractivity (Wildman–Crippen MR) is 111 cm³/mol. The standard InChI is InChI=1S/C22H23ClN2O4/c1-13(2)19-18(21(26)28-3)20(25-22(27)24-19)16-6-4-5-7-17(16)29-12-14-8-10-15(23)11-9-14/h4-11,13,20H,12H2,1-3H3,(H2,24,25,27). The third kappa shape index (κ3) is 4.71. The predicted octanol–water partition coefficient (Wildman–Crippen LogP) is 4.36. The van der Waals surface area contributed by atoms with Crippen LogP contribution in [-0.4, -0.2) is 19.1 Å². The minimum atomic E-state index is -0.685. The zero-order valence-electron chi connectivity index (χ0n) is 16.5. The van der Waals surface area contributed by atoms with Gasteiger partial charge in [-0.05, 0) is 29.7 Å². The van der Waals surface area contributed by atoms with Crippen molar-refractivity contribution in [1.82, 2.24) is 10.6 Å². The third-order valence-corrected chi connectivity index (χ3v) is 4.87. The molecule has 7 heteroatoms. The van der Waals surface area contributed by atoms with Crippen molar-refractivity contribution < 1.29 is 19.1 Å². The van der Waals surface area contributed by atoms with Crippen LogP contribution in [0.1, 0.15) is 31.0 Å². The summed E-state index contributed by atoms with van der Waals surface area (Å²) in [7, 11) is 1.32. The summed E-state index contributed by atoms with van der Waals surface area (Å²) in [6.07, 6.45) is 0. The Labute approximate surface area is 174 Å². The van der Waals surface area contributed by atoms with Crippen LogP contribution in [0.25, 0.3) is 0 Å². The second-order valence-corrected chi connectivity index (χ2v) is 7.39. The molecule has 1 unspecified atom stereocenters. The van der Waals surface area contributed by atoms with E-state index >= 15 is 0 Å². The summed E-state index contributed by atoms with van der Waals surface area (Å²) in [6, 6.07) is 13.6. The van der Waals surface area contributed by atoms with Crippen LogP contribution < -0.4 is 15.4 Å². The molecule has 6 nitrogen and oxygen atoms in total. The van der Waals surface area contributed by atoms with Crippen molar-refractivity contribution in [2.75, 3.05) is 7.11 Å². The Morgan fingerprint density at radius 1 is 1.14 bits per heavy atom. The van der Waals surface area contributed by atoms with Crippen LogP contribution in [-0.2, 0) is 16.1 Å². The number of nitrogens with one attached hydrogen (secondary N) is 2. The van der Waals surface area contributed by atoms with E-state index < -0.39 is 12.0 Å². The zero-order valence-corrected chi connectivity index (χ0v) is 17.2. The molecule has 1 atom stereocenters. The van der Waals surface area contributed by atoms with E-state index in [9.17, 15) is 9.59 Å². The molecule has 0 spiro atoms. The molecule has 29 heavy (non-hydrogen) atoms. The number of para-hydroxylation sites is 1. The molecule has 2 amide bonds. The van der Waals surface area contributed by atoms with Crippen LogP contribution >= 0.6 is 11.6 Å². The first-order valence-corrected chi connectivity index (χ1v) is 9.64. The lowest BCUT2D eigenvalue weighted by atomic mass is 9.91. The summed E-state index contributed by atoms with van der Waals surface area (Å²) >= 11 is 5.93. The van der Waals surface area contributed by atoms with Crippen LogP contribution in [0.2, 0.25) is 5.02 Å². The van der Waals surface area contributed by atoms with Crippen LogP contribution in [0.5, 0.6) is 5.75 Å². The highest BCUT2D eigenvalue weighted by Crippen LogP contribution is 2.35. The summed E-state index contributed by atoms with van der Waals surface area (Å²) in [5.41, 5.74) is 2.53. The number of rotatable bonds is 6. The largest absolute Gasteiger partial charge is 0.489 e. The Morgan fingerprint density at radius 2 is 1.83 bits per heavy atom. The van der Waals surface area contributed by atoms with Crippen LogP contribution in [0.3, 0.4) is 0 Å². The molecule has 1 heterocycles. The highest BCUT2D eigenvalue weighted by molar-refractivity contribution is 6.30. The molecule has 1 aliphatic heterocycles. The van der Waals surface area contributed by atoms with Gasteiger partial charge in [0.15, 0.2) is 0 Å². The van der Waals surface area contributed by atoms with Gasteiger partial charge in [-0.15, -0.1) is 0 Å². The first-order valence-electron chi connectivity index (χ1n) is 9.26. The average Bonchev–Trinajstić information content (AvgIpc) is 2.72. The molecular formula is C22H23ClN2O4. The first-order chi connectivity index (χ1) is 13.9. The maximum Gasteiger partial charge on any atom is 0.337 e. The van der Waals surface area contributed by atoms with E-state index in [0.717, 1.165) is 5.56 Å². The van der Waals surface area contributed by atoms with E-state index in [1.165, 1.54) is 7.11 Å². The SMILES string of the molecule is COC(=O)C1=C(C(C)C)NC(=O)NC1c1ccccc1OCc1ccc(Cl)cc1. The van der Waals surface area contributed by atoms with Gasteiger partial charge in [0.2, 0.25) is 0 Å². The fraction of sp³-hybridized carbons (Fsp3) is 0.273. The van der Waals surface area contributed by atoms with Crippen LogP contribution in [0, 0.1) is 5.92 Å². The average molecular weight is 415 g/mol. The Balaban J connectivity index is 1.97. The molecule has 0 radical (unpaired) electrons. The van der Waals surface area contributed by atoms with E-state index in [2.05, 4.69) is 10.6 Å². The Morgan fingerprint density at radius 3 is 2.48 bits per heavy atom. The number of allylic oxidation sites excluding steroid dienone is 1. The summed E-state index contributed by atoms with van der Waals surface area (Å²) < 4.78 is 11.0. The van der Waals surface area contributed by atoms with Gasteiger partial charge in [0.05, 0.1) is 18.7 Å². The number of amides is 2. The number of methoxy groups -OCH3 is 1. The van der Waals surface area contributed by atoms with Gasteiger partial charge in [0.1, 0.15) is 12.4 Å². The summed E-state index contributed by atoms with van der Waals surface area (Å²) in [6.45, 7) is 4.13. The molecule has 1 aliphatic rings. The van der Waals surface area contributed by atoms with Crippen molar-refractivity contribution in [3.63, 3.8) is 0 Å². The molecule has 2 aromatic carbocycles. The van der Waals surface area contributed by atoms with Gasteiger partial charge in [0, 0.05) is 16.3 Å². The van der Waals surface area contributed by atoms with Crippen LogP contribution in [0.15, 0.2) is 59.8 Å². The van der Waals surface area contributed by atoms with Gasteiger partial charge < -0.3 is 20.1 Å². The first kappa shape index (κ1) is 20.7. The fourth-order valence-corrected chi connectivity index (χ4v) is 3.33. The molecule has 0 bridgehead atoms. The number of urea groups is 1. The van der Waals surface area contributed by atoms with E-state index in [0.29, 0.717) is 34.2 Å². The van der Waals surface area contributed by atoms with Crippen molar-refractivity contribution in [2.24, 2.45) is 5.92 Å². The zero-order chi connectivity index (χ0) is 21.0. The Kier molecular flexibility index (Phi) is 6.44. The van der Waals surface area contributed by atoms with Gasteiger partial charge >= 0.3 is 12.0 Å². The molecular weight excluding hydrogens is 392 g/mol. The molecule has 0 fully saturated rings. The number of carbonyl (C=O) groups excluding carboxylic acids is 2. The molecule has 152 valence electrons. The fourth-order valence-electron chi connectivity index (χ4n) is 3.20. The molecule has 0 saturated heterocycles. The highest BCUT2D eigenvalue weighted by Gasteiger charge is 2.35. The number of carbonyl (C=O) groups is 2. The molecule has 0 aliphatic carbocycles. The lowest BCUT2D eigenvalue weighted by Gasteiger charge is -2.31. The van der Waals surface area contributed by atoms with Crippen molar-refractivity contribution in [3.8, 4) is 5.75 Å². The lowest BCUT2D eigenvalue weighted by molar-refractivity contribution is -0.136. The third-order valence-electron chi connectivity index (χ3n) is 4.62. The quantitative estimate of drug-likeness (QED) is 0.689.